The Morgan fingerprint density at radius 3 is 2.22 bits per heavy atom. The van der Waals surface area contributed by atoms with Gasteiger partial charge in [0.2, 0.25) is 0 Å². The average Bonchev–Trinajstić information content (AvgIpc) is 3.03. The molecule has 0 unspecified atom stereocenters. The first-order chi connectivity index (χ1) is 15.4. The van der Waals surface area contributed by atoms with Gasteiger partial charge < -0.3 is 10.1 Å². The third-order valence-electron chi connectivity index (χ3n) is 4.70. The molecule has 32 heavy (non-hydrogen) atoms. The maximum atomic E-state index is 12.9. The molecule has 0 fully saturated rings. The lowest BCUT2D eigenvalue weighted by atomic mass is 10.1. The van der Waals surface area contributed by atoms with Crippen molar-refractivity contribution in [1.29, 1.82) is 0 Å². The van der Waals surface area contributed by atoms with Crippen LogP contribution < -0.4 is 10.2 Å². The van der Waals surface area contributed by atoms with Gasteiger partial charge in [-0.1, -0.05) is 47.5 Å². The maximum Gasteiger partial charge on any atom is 0.338 e. The van der Waals surface area contributed by atoms with Crippen LogP contribution in [-0.2, 0) is 9.53 Å². The van der Waals surface area contributed by atoms with Gasteiger partial charge >= 0.3 is 5.97 Å². The minimum atomic E-state index is -0.821. The molecule has 0 bridgehead atoms. The van der Waals surface area contributed by atoms with Crippen LogP contribution in [0.2, 0.25) is 10.0 Å². The summed E-state index contributed by atoms with van der Waals surface area (Å²) in [6.45, 7) is -0.556. The Kier molecular flexibility index (Phi) is 5.94. The van der Waals surface area contributed by atoms with Gasteiger partial charge in [0.1, 0.15) is 0 Å². The number of hydrogen-bond donors (Lipinski definition) is 1. The topological polar surface area (TPSA) is 92.8 Å². The van der Waals surface area contributed by atoms with Gasteiger partial charge in [0.25, 0.3) is 17.7 Å². The first-order valence-electron chi connectivity index (χ1n) is 9.35. The van der Waals surface area contributed by atoms with E-state index in [1.54, 1.807) is 48.5 Å². The Hall–Kier alpha value is -3.68. The zero-order valence-corrected chi connectivity index (χ0v) is 17.8. The molecule has 0 saturated carbocycles. The number of halogens is 2. The molecule has 1 N–H and O–H groups in total. The van der Waals surface area contributed by atoms with Crippen LogP contribution in [0.1, 0.15) is 31.1 Å². The van der Waals surface area contributed by atoms with Gasteiger partial charge in [0.05, 0.1) is 38.1 Å². The van der Waals surface area contributed by atoms with E-state index in [0.29, 0.717) is 10.7 Å². The molecule has 7 nitrogen and oxygen atoms in total. The number of esters is 1. The molecule has 3 aromatic rings. The molecule has 160 valence electrons. The van der Waals surface area contributed by atoms with Crippen molar-refractivity contribution in [2.75, 3.05) is 16.8 Å². The molecule has 0 atom stereocenters. The van der Waals surface area contributed by atoms with Crippen LogP contribution in [0.15, 0.2) is 66.7 Å². The summed E-state index contributed by atoms with van der Waals surface area (Å²) < 4.78 is 5.03. The monoisotopic (exact) mass is 468 g/mol. The lowest BCUT2D eigenvalue weighted by Crippen LogP contribution is -2.29. The summed E-state index contributed by atoms with van der Waals surface area (Å²) in [5.41, 5.74) is 0.849. The van der Waals surface area contributed by atoms with Crippen LogP contribution in [-0.4, -0.2) is 30.3 Å². The van der Waals surface area contributed by atoms with Crippen LogP contribution in [0.4, 0.5) is 11.4 Å². The van der Waals surface area contributed by atoms with E-state index in [2.05, 4.69) is 5.32 Å². The van der Waals surface area contributed by atoms with Crippen molar-refractivity contribution < 1.29 is 23.9 Å². The second-order valence-corrected chi connectivity index (χ2v) is 7.58. The summed E-state index contributed by atoms with van der Waals surface area (Å²) in [6.07, 6.45) is 0. The Morgan fingerprint density at radius 1 is 0.844 bits per heavy atom. The maximum absolute atomic E-state index is 12.9. The fraction of sp³-hybridized carbons (Fsp3) is 0.0435. The van der Waals surface area contributed by atoms with Gasteiger partial charge in [-0.3, -0.25) is 14.4 Å². The van der Waals surface area contributed by atoms with Crippen LogP contribution in [0.3, 0.4) is 0 Å². The molecule has 1 heterocycles. The van der Waals surface area contributed by atoms with Crippen LogP contribution in [0, 0.1) is 0 Å². The van der Waals surface area contributed by atoms with Gasteiger partial charge in [0, 0.05) is 0 Å². The third-order valence-corrected chi connectivity index (χ3v) is 5.35. The second kappa shape index (κ2) is 8.82. The van der Waals surface area contributed by atoms with E-state index in [0.717, 1.165) is 4.90 Å². The number of ether oxygens (including phenoxy) is 1. The number of benzene rings is 3. The number of rotatable bonds is 5. The predicted octanol–water partition coefficient (Wildman–Crippen LogP) is 4.59. The van der Waals surface area contributed by atoms with E-state index in [1.165, 1.54) is 18.2 Å². The Morgan fingerprint density at radius 2 is 1.50 bits per heavy atom. The molecule has 0 aromatic heterocycles. The highest BCUT2D eigenvalue weighted by molar-refractivity contribution is 6.40. The fourth-order valence-corrected chi connectivity index (χ4v) is 3.59. The zero-order valence-electron chi connectivity index (χ0n) is 16.3. The number of carbonyl (C=O) groups is 4. The molecular formula is C23H14Cl2N2O5. The standard InChI is InChI=1S/C23H14Cl2N2O5/c24-16-5-1-3-7-18(16)26-20(28)12-32-23(31)13-9-10-14-15(11-13)22(30)27(21(14)29)19-8-4-2-6-17(19)25/h1-11H,12H2,(H,26,28). The molecule has 9 heteroatoms. The molecule has 0 saturated heterocycles. The molecule has 3 amide bonds. The van der Waals surface area contributed by atoms with Gasteiger partial charge in [-0.25, -0.2) is 9.69 Å². The van der Waals surface area contributed by atoms with Crippen molar-refractivity contribution >= 4 is 58.3 Å². The lowest BCUT2D eigenvalue weighted by Gasteiger charge is -2.15. The summed E-state index contributed by atoms with van der Waals surface area (Å²) in [7, 11) is 0. The van der Waals surface area contributed by atoms with Crippen molar-refractivity contribution in [1.82, 2.24) is 0 Å². The van der Waals surface area contributed by atoms with E-state index in [9.17, 15) is 19.2 Å². The van der Waals surface area contributed by atoms with E-state index < -0.39 is 30.3 Å². The molecule has 1 aliphatic rings. The van der Waals surface area contributed by atoms with Crippen LogP contribution >= 0.6 is 23.2 Å². The lowest BCUT2D eigenvalue weighted by molar-refractivity contribution is -0.119. The highest BCUT2D eigenvalue weighted by Gasteiger charge is 2.38. The number of carbonyl (C=O) groups excluding carboxylic acids is 4. The third kappa shape index (κ3) is 4.08. The smallest absolute Gasteiger partial charge is 0.338 e. The Bertz CT molecular complexity index is 1270. The van der Waals surface area contributed by atoms with E-state index in [4.69, 9.17) is 27.9 Å². The first kappa shape index (κ1) is 21.5. The molecule has 1 aliphatic heterocycles. The van der Waals surface area contributed by atoms with E-state index >= 15 is 0 Å². The average molecular weight is 469 g/mol. The van der Waals surface area contributed by atoms with Gasteiger partial charge in [-0.05, 0) is 42.5 Å². The number of nitrogens with zero attached hydrogens (tertiary/aromatic N) is 1. The molecule has 4 rings (SSSR count). The van der Waals surface area contributed by atoms with Crippen LogP contribution in [0.5, 0.6) is 0 Å². The SMILES string of the molecule is O=C(COC(=O)c1ccc2c(c1)C(=O)N(c1ccccc1Cl)C2=O)Nc1ccccc1Cl. The summed E-state index contributed by atoms with van der Waals surface area (Å²) in [5, 5.41) is 3.12. The predicted molar refractivity (Wildman–Crippen MR) is 119 cm³/mol. The Balaban J connectivity index is 1.47. The largest absolute Gasteiger partial charge is 0.452 e. The van der Waals surface area contributed by atoms with Gasteiger partial charge in [-0.2, -0.15) is 0 Å². The summed E-state index contributed by atoms with van der Waals surface area (Å²) in [5.74, 6) is -2.55. The quantitative estimate of drug-likeness (QED) is 0.436. The summed E-state index contributed by atoms with van der Waals surface area (Å²) >= 11 is 12.1. The van der Waals surface area contributed by atoms with Crippen molar-refractivity contribution in [3.63, 3.8) is 0 Å². The molecule has 0 spiro atoms. The van der Waals surface area contributed by atoms with Gasteiger partial charge in [-0.15, -0.1) is 0 Å². The molecular weight excluding hydrogens is 455 g/mol. The second-order valence-electron chi connectivity index (χ2n) is 6.76. The van der Waals surface area contributed by atoms with Gasteiger partial charge in [0.15, 0.2) is 6.61 Å². The van der Waals surface area contributed by atoms with E-state index in [-0.39, 0.29) is 27.4 Å². The Labute approximate surface area is 192 Å². The van der Waals surface area contributed by atoms with Crippen molar-refractivity contribution in [2.24, 2.45) is 0 Å². The van der Waals surface area contributed by atoms with Crippen LogP contribution in [0.25, 0.3) is 0 Å². The number of para-hydroxylation sites is 2. The zero-order chi connectivity index (χ0) is 22.8. The number of anilines is 2. The highest BCUT2D eigenvalue weighted by atomic mass is 35.5. The minimum absolute atomic E-state index is 0.0245. The van der Waals surface area contributed by atoms with Crippen molar-refractivity contribution in [3.8, 4) is 0 Å². The molecule has 0 aliphatic carbocycles. The number of imide groups is 1. The highest BCUT2D eigenvalue weighted by Crippen LogP contribution is 2.33. The van der Waals surface area contributed by atoms with Crippen molar-refractivity contribution in [3.05, 3.63) is 93.5 Å². The summed E-state index contributed by atoms with van der Waals surface area (Å²) in [6, 6.07) is 17.1. The summed E-state index contributed by atoms with van der Waals surface area (Å²) in [4.78, 5) is 51.0. The normalized spacial score (nSPS) is 12.5. The fourth-order valence-electron chi connectivity index (χ4n) is 3.18. The minimum Gasteiger partial charge on any atom is -0.452 e. The number of fused-ring (bicyclic) bond motifs is 1. The molecule has 0 radical (unpaired) electrons. The number of hydrogen-bond acceptors (Lipinski definition) is 5. The van der Waals surface area contributed by atoms with Crippen molar-refractivity contribution in [2.45, 2.75) is 0 Å². The molecule has 3 aromatic carbocycles. The number of amides is 3. The van der Waals surface area contributed by atoms with E-state index in [1.807, 2.05) is 0 Å². The number of nitrogens with one attached hydrogen (secondary N) is 1. The first-order valence-corrected chi connectivity index (χ1v) is 10.1.